The highest BCUT2D eigenvalue weighted by atomic mass is 32.2. The molecule has 0 heterocycles. The van der Waals surface area contributed by atoms with Crippen molar-refractivity contribution in [3.05, 3.63) is 47.8 Å². The molecule has 0 saturated heterocycles. The smallest absolute Gasteiger partial charge is 0.265 e. The van der Waals surface area contributed by atoms with Gasteiger partial charge in [0.1, 0.15) is 16.5 Å². The molecule has 0 unspecified atom stereocenters. The van der Waals surface area contributed by atoms with Gasteiger partial charge in [0.25, 0.3) is 10.0 Å². The van der Waals surface area contributed by atoms with E-state index in [4.69, 9.17) is 4.74 Å². The maximum Gasteiger partial charge on any atom is 0.265 e. The van der Waals surface area contributed by atoms with E-state index in [0.717, 1.165) is 6.07 Å². The number of sulfonamides is 1. The van der Waals surface area contributed by atoms with Crippen molar-refractivity contribution in [3.8, 4) is 5.75 Å². The number of aryl methyl sites for hydroxylation is 1. The van der Waals surface area contributed by atoms with Crippen molar-refractivity contribution in [2.75, 3.05) is 23.3 Å². The Morgan fingerprint density at radius 3 is 2.40 bits per heavy atom. The predicted molar refractivity (Wildman–Crippen MR) is 114 cm³/mol. The summed E-state index contributed by atoms with van der Waals surface area (Å²) in [5, 5.41) is 12.1. The van der Waals surface area contributed by atoms with Gasteiger partial charge in [-0.2, -0.15) is 0 Å². The summed E-state index contributed by atoms with van der Waals surface area (Å²) >= 11 is 0. The van der Waals surface area contributed by atoms with Crippen molar-refractivity contribution >= 4 is 27.3 Å². The summed E-state index contributed by atoms with van der Waals surface area (Å²) in [5.74, 6) is -1.52. The Morgan fingerprint density at radius 1 is 1.17 bits per heavy atom. The number of hydrogen-bond donors (Lipinski definition) is 3. The second-order valence-electron chi connectivity index (χ2n) is 7.19. The first-order chi connectivity index (χ1) is 14.1. The Balaban J connectivity index is 2.33. The summed E-state index contributed by atoms with van der Waals surface area (Å²) in [5.41, 5.74) is 0.819. The highest BCUT2D eigenvalue weighted by Gasteiger charge is 2.24. The summed E-state index contributed by atoms with van der Waals surface area (Å²) in [7, 11) is -4.07. The molecule has 0 aromatic heterocycles. The van der Waals surface area contributed by atoms with Gasteiger partial charge in [0, 0.05) is 11.8 Å². The van der Waals surface area contributed by atoms with Gasteiger partial charge in [-0.15, -0.1) is 0 Å². The minimum atomic E-state index is -4.07. The predicted octanol–water partition coefficient (Wildman–Crippen LogP) is 3.54. The summed E-state index contributed by atoms with van der Waals surface area (Å²) in [6, 6.07) is 8.17. The topological polar surface area (TPSA) is 105 Å². The van der Waals surface area contributed by atoms with E-state index in [0.29, 0.717) is 11.3 Å². The first-order valence-electron chi connectivity index (χ1n) is 9.56. The molecule has 0 aliphatic rings. The van der Waals surface area contributed by atoms with Crippen LogP contribution in [0.15, 0.2) is 41.3 Å². The van der Waals surface area contributed by atoms with Gasteiger partial charge in [0.2, 0.25) is 5.91 Å². The molecule has 3 N–H and O–H groups in total. The number of aliphatic hydroxyl groups excluding tert-OH is 1. The van der Waals surface area contributed by atoms with Gasteiger partial charge in [0.05, 0.1) is 24.8 Å². The lowest BCUT2D eigenvalue weighted by atomic mass is 9.96. The maximum atomic E-state index is 13.8. The van der Waals surface area contributed by atoms with Crippen LogP contribution in [0.25, 0.3) is 0 Å². The molecule has 2 aromatic carbocycles. The van der Waals surface area contributed by atoms with Gasteiger partial charge in [-0.3, -0.25) is 9.52 Å². The van der Waals surface area contributed by atoms with Crippen LogP contribution in [-0.4, -0.2) is 32.6 Å². The number of nitrogens with one attached hydrogen (secondary N) is 2. The van der Waals surface area contributed by atoms with Crippen molar-refractivity contribution in [1.29, 1.82) is 0 Å². The molecule has 164 valence electrons. The summed E-state index contributed by atoms with van der Waals surface area (Å²) in [6.45, 7) is 6.82. The van der Waals surface area contributed by atoms with Crippen LogP contribution in [0.4, 0.5) is 15.8 Å². The fraction of sp³-hybridized carbons (Fsp3) is 0.381. The zero-order chi connectivity index (χ0) is 22.5. The monoisotopic (exact) mass is 438 g/mol. The molecule has 9 heteroatoms. The van der Waals surface area contributed by atoms with E-state index < -0.39 is 21.8 Å². The van der Waals surface area contributed by atoms with E-state index in [-0.39, 0.29) is 41.4 Å². The fourth-order valence-corrected chi connectivity index (χ4v) is 3.95. The van der Waals surface area contributed by atoms with Crippen LogP contribution in [0, 0.1) is 24.6 Å². The number of ether oxygens (including phenoxy) is 1. The Labute approximate surface area is 176 Å². The van der Waals surface area contributed by atoms with Gasteiger partial charge in [-0.25, -0.2) is 12.8 Å². The molecular weight excluding hydrogens is 411 g/mol. The summed E-state index contributed by atoms with van der Waals surface area (Å²) < 4.78 is 47.2. The molecule has 0 saturated carbocycles. The molecule has 0 aliphatic heterocycles. The molecular formula is C21H27FN2O5S. The normalized spacial score (nSPS) is 12.5. The number of aliphatic hydroxyl groups is 1. The van der Waals surface area contributed by atoms with Crippen LogP contribution in [0.2, 0.25) is 0 Å². The first-order valence-corrected chi connectivity index (χ1v) is 11.0. The van der Waals surface area contributed by atoms with Crippen molar-refractivity contribution < 1.29 is 27.4 Å². The quantitative estimate of drug-likeness (QED) is 0.556. The fourth-order valence-electron chi connectivity index (χ4n) is 2.77. The average molecular weight is 439 g/mol. The number of carbonyl (C=O) groups is 1. The largest absolute Gasteiger partial charge is 0.492 e. The zero-order valence-corrected chi connectivity index (χ0v) is 18.2. The highest BCUT2D eigenvalue weighted by molar-refractivity contribution is 7.92. The van der Waals surface area contributed by atoms with Crippen LogP contribution in [0.1, 0.15) is 26.3 Å². The third-order valence-corrected chi connectivity index (χ3v) is 5.98. The first kappa shape index (κ1) is 23.6. The second kappa shape index (κ2) is 9.90. The average Bonchev–Trinajstić information content (AvgIpc) is 2.65. The lowest BCUT2D eigenvalue weighted by molar-refractivity contribution is -0.122. The van der Waals surface area contributed by atoms with Crippen LogP contribution in [0.3, 0.4) is 0 Å². The van der Waals surface area contributed by atoms with Crippen molar-refractivity contribution in [3.63, 3.8) is 0 Å². The molecule has 2 rings (SSSR count). The molecule has 0 bridgehead atoms. The van der Waals surface area contributed by atoms with E-state index in [1.807, 2.05) is 13.8 Å². The Bertz CT molecular complexity index is 1010. The minimum absolute atomic E-state index is 0.0421. The summed E-state index contributed by atoms with van der Waals surface area (Å²) in [4.78, 5) is 12.2. The highest BCUT2D eigenvalue weighted by Crippen LogP contribution is 2.30. The van der Waals surface area contributed by atoms with E-state index in [1.54, 1.807) is 13.8 Å². The number of rotatable bonds is 9. The van der Waals surface area contributed by atoms with Crippen LogP contribution >= 0.6 is 0 Å². The Kier molecular flexibility index (Phi) is 7.80. The minimum Gasteiger partial charge on any atom is -0.492 e. The molecule has 2 aromatic rings. The Morgan fingerprint density at radius 2 is 1.83 bits per heavy atom. The molecule has 0 fully saturated rings. The molecule has 0 radical (unpaired) electrons. The van der Waals surface area contributed by atoms with E-state index in [1.165, 1.54) is 30.3 Å². The molecule has 1 atom stereocenters. The number of benzene rings is 2. The van der Waals surface area contributed by atoms with E-state index in [2.05, 4.69) is 10.0 Å². The third kappa shape index (κ3) is 5.70. The number of hydrogen-bond acceptors (Lipinski definition) is 5. The van der Waals surface area contributed by atoms with E-state index in [9.17, 15) is 22.7 Å². The summed E-state index contributed by atoms with van der Waals surface area (Å²) in [6.07, 6.45) is 0. The van der Waals surface area contributed by atoms with Crippen molar-refractivity contribution in [1.82, 2.24) is 0 Å². The standard InChI is InChI=1S/C21H27FN2O5S/c1-5-29-19-11-15(23-21(26)17(12-25)13(2)3)8-9-20(19)30(27,28)24-16-7-6-14(4)18(22)10-16/h6-11,13,17,24-25H,5,12H2,1-4H3,(H,23,26)/t17-/m0/s1. The maximum absolute atomic E-state index is 13.8. The molecule has 0 aliphatic carbocycles. The number of amides is 1. The number of carbonyl (C=O) groups excluding carboxylic acids is 1. The van der Waals surface area contributed by atoms with Gasteiger partial charge in [-0.05, 0) is 49.6 Å². The lowest BCUT2D eigenvalue weighted by Gasteiger charge is -2.19. The van der Waals surface area contributed by atoms with Gasteiger partial charge in [-0.1, -0.05) is 19.9 Å². The molecule has 1 amide bonds. The van der Waals surface area contributed by atoms with Gasteiger partial charge >= 0.3 is 0 Å². The van der Waals surface area contributed by atoms with Crippen LogP contribution < -0.4 is 14.8 Å². The van der Waals surface area contributed by atoms with Crippen molar-refractivity contribution in [2.24, 2.45) is 11.8 Å². The van der Waals surface area contributed by atoms with Gasteiger partial charge < -0.3 is 15.2 Å². The number of anilines is 2. The number of halogens is 1. The zero-order valence-electron chi connectivity index (χ0n) is 17.4. The SMILES string of the molecule is CCOc1cc(NC(=O)[C@@H](CO)C(C)C)ccc1S(=O)(=O)Nc1ccc(C)c(F)c1. The second-order valence-corrected chi connectivity index (χ2v) is 8.84. The molecule has 30 heavy (non-hydrogen) atoms. The van der Waals surface area contributed by atoms with Crippen molar-refractivity contribution in [2.45, 2.75) is 32.6 Å². The van der Waals surface area contributed by atoms with Crippen LogP contribution in [0.5, 0.6) is 5.75 Å². The Hall–Kier alpha value is -2.65. The lowest BCUT2D eigenvalue weighted by Crippen LogP contribution is -2.29. The third-order valence-electron chi connectivity index (χ3n) is 4.56. The molecule has 7 nitrogen and oxygen atoms in total. The van der Waals surface area contributed by atoms with Crippen LogP contribution in [-0.2, 0) is 14.8 Å². The van der Waals surface area contributed by atoms with E-state index >= 15 is 0 Å². The van der Waals surface area contributed by atoms with Gasteiger partial charge in [0.15, 0.2) is 0 Å². The molecule has 0 spiro atoms.